The van der Waals surface area contributed by atoms with E-state index < -0.39 is 0 Å². The minimum atomic E-state index is -0.381. The first kappa shape index (κ1) is 14.1. The van der Waals surface area contributed by atoms with E-state index in [0.29, 0.717) is 6.54 Å². The van der Waals surface area contributed by atoms with Crippen LogP contribution in [0.4, 0.5) is 4.39 Å². The van der Waals surface area contributed by atoms with E-state index in [2.05, 4.69) is 28.1 Å². The molecule has 0 saturated heterocycles. The van der Waals surface area contributed by atoms with Crippen molar-refractivity contribution in [1.82, 2.24) is 9.88 Å². The molecule has 0 aliphatic carbocycles. The molecule has 2 nitrogen and oxygen atoms in total. The van der Waals surface area contributed by atoms with E-state index >= 15 is 0 Å². The SMILES string of the molecule is CNCc1cc2ccccc2n1Cc1ccc(F)c(Cl)c1. The molecule has 0 saturated carbocycles. The van der Waals surface area contributed by atoms with Crippen molar-refractivity contribution < 1.29 is 4.39 Å². The number of halogens is 2. The molecule has 0 spiro atoms. The Morgan fingerprint density at radius 2 is 1.95 bits per heavy atom. The van der Waals surface area contributed by atoms with Crippen molar-refractivity contribution in [3.63, 3.8) is 0 Å². The maximum absolute atomic E-state index is 13.3. The van der Waals surface area contributed by atoms with E-state index in [9.17, 15) is 4.39 Å². The fourth-order valence-corrected chi connectivity index (χ4v) is 2.81. The summed E-state index contributed by atoms with van der Waals surface area (Å²) in [4.78, 5) is 0. The van der Waals surface area contributed by atoms with Gasteiger partial charge in [-0.15, -0.1) is 0 Å². The Bertz CT molecular complexity index is 780. The number of nitrogens with zero attached hydrogens (tertiary/aromatic N) is 1. The Labute approximate surface area is 128 Å². The lowest BCUT2D eigenvalue weighted by Gasteiger charge is -2.11. The highest BCUT2D eigenvalue weighted by molar-refractivity contribution is 6.30. The Morgan fingerprint density at radius 3 is 2.71 bits per heavy atom. The second kappa shape index (κ2) is 5.88. The van der Waals surface area contributed by atoms with Crippen molar-refractivity contribution in [2.45, 2.75) is 13.1 Å². The van der Waals surface area contributed by atoms with E-state index in [-0.39, 0.29) is 10.8 Å². The Balaban J connectivity index is 2.05. The third kappa shape index (κ3) is 2.80. The van der Waals surface area contributed by atoms with Gasteiger partial charge in [0.05, 0.1) is 5.02 Å². The molecular weight excluding hydrogens is 287 g/mol. The summed E-state index contributed by atoms with van der Waals surface area (Å²) in [6.45, 7) is 1.45. The normalized spacial score (nSPS) is 11.2. The van der Waals surface area contributed by atoms with Crippen LogP contribution in [-0.2, 0) is 13.1 Å². The number of hydrogen-bond acceptors (Lipinski definition) is 1. The van der Waals surface area contributed by atoms with Crippen LogP contribution >= 0.6 is 11.6 Å². The van der Waals surface area contributed by atoms with Crippen LogP contribution in [0, 0.1) is 5.82 Å². The highest BCUT2D eigenvalue weighted by Crippen LogP contribution is 2.23. The third-order valence-corrected chi connectivity index (χ3v) is 3.87. The van der Waals surface area contributed by atoms with E-state index in [4.69, 9.17) is 11.6 Å². The molecule has 0 fully saturated rings. The second-order valence-electron chi connectivity index (χ2n) is 5.06. The molecule has 2 aromatic carbocycles. The predicted molar refractivity (Wildman–Crippen MR) is 85.2 cm³/mol. The summed E-state index contributed by atoms with van der Waals surface area (Å²) in [5.41, 5.74) is 3.35. The molecular formula is C17H16ClFN2. The first-order chi connectivity index (χ1) is 10.2. The summed E-state index contributed by atoms with van der Waals surface area (Å²) in [7, 11) is 1.93. The zero-order valence-corrected chi connectivity index (χ0v) is 12.5. The highest BCUT2D eigenvalue weighted by Gasteiger charge is 2.09. The van der Waals surface area contributed by atoms with Gasteiger partial charge in [0.1, 0.15) is 5.82 Å². The quantitative estimate of drug-likeness (QED) is 0.764. The third-order valence-electron chi connectivity index (χ3n) is 3.58. The van der Waals surface area contributed by atoms with Crippen LogP contribution in [0.15, 0.2) is 48.5 Å². The summed E-state index contributed by atoms with van der Waals surface area (Å²) < 4.78 is 15.5. The number of nitrogens with one attached hydrogen (secondary N) is 1. The summed E-state index contributed by atoms with van der Waals surface area (Å²) in [5, 5.41) is 4.56. The minimum Gasteiger partial charge on any atom is -0.339 e. The molecule has 1 aromatic heterocycles. The number of para-hydroxylation sites is 1. The molecule has 0 amide bonds. The molecule has 0 radical (unpaired) electrons. The van der Waals surface area contributed by atoms with Gasteiger partial charge in [-0.3, -0.25) is 0 Å². The summed E-state index contributed by atoms with van der Waals surface area (Å²) in [5.74, 6) is -0.381. The van der Waals surface area contributed by atoms with Crippen LogP contribution in [-0.4, -0.2) is 11.6 Å². The van der Waals surface area contributed by atoms with E-state index in [1.165, 1.54) is 22.7 Å². The lowest BCUT2D eigenvalue weighted by Crippen LogP contribution is -2.11. The fourth-order valence-electron chi connectivity index (χ4n) is 2.60. The maximum Gasteiger partial charge on any atom is 0.141 e. The molecule has 0 unspecified atom stereocenters. The Morgan fingerprint density at radius 1 is 1.14 bits per heavy atom. The maximum atomic E-state index is 13.3. The molecule has 0 atom stereocenters. The fraction of sp³-hybridized carbons (Fsp3) is 0.176. The number of hydrogen-bond donors (Lipinski definition) is 1. The van der Waals surface area contributed by atoms with Crippen molar-refractivity contribution in [1.29, 1.82) is 0 Å². The van der Waals surface area contributed by atoms with Crippen LogP contribution in [0.3, 0.4) is 0 Å². The molecule has 0 bridgehead atoms. The van der Waals surface area contributed by atoms with Crippen LogP contribution in [0.1, 0.15) is 11.3 Å². The molecule has 1 heterocycles. The van der Waals surface area contributed by atoms with Gasteiger partial charge in [0, 0.05) is 24.3 Å². The van der Waals surface area contributed by atoms with Crippen molar-refractivity contribution in [3.8, 4) is 0 Å². The number of aromatic nitrogens is 1. The van der Waals surface area contributed by atoms with Crippen molar-refractivity contribution in [2.75, 3.05) is 7.05 Å². The first-order valence-electron chi connectivity index (χ1n) is 6.84. The molecule has 108 valence electrons. The first-order valence-corrected chi connectivity index (χ1v) is 7.22. The van der Waals surface area contributed by atoms with E-state index in [0.717, 1.165) is 12.1 Å². The number of benzene rings is 2. The zero-order valence-electron chi connectivity index (χ0n) is 11.7. The highest BCUT2D eigenvalue weighted by atomic mass is 35.5. The second-order valence-corrected chi connectivity index (χ2v) is 5.47. The van der Waals surface area contributed by atoms with Gasteiger partial charge < -0.3 is 9.88 Å². The van der Waals surface area contributed by atoms with Crippen LogP contribution < -0.4 is 5.32 Å². The summed E-state index contributed by atoms with van der Waals surface area (Å²) in [6.07, 6.45) is 0. The van der Waals surface area contributed by atoms with Gasteiger partial charge in [-0.2, -0.15) is 0 Å². The summed E-state index contributed by atoms with van der Waals surface area (Å²) in [6, 6.07) is 15.3. The molecule has 21 heavy (non-hydrogen) atoms. The molecule has 3 rings (SSSR count). The molecule has 1 N–H and O–H groups in total. The van der Waals surface area contributed by atoms with Crippen molar-refractivity contribution in [3.05, 3.63) is 70.6 Å². The Kier molecular flexibility index (Phi) is 3.95. The van der Waals surface area contributed by atoms with Gasteiger partial charge >= 0.3 is 0 Å². The van der Waals surface area contributed by atoms with Crippen molar-refractivity contribution in [2.24, 2.45) is 0 Å². The smallest absolute Gasteiger partial charge is 0.141 e. The largest absolute Gasteiger partial charge is 0.339 e. The Hall–Kier alpha value is -1.84. The van der Waals surface area contributed by atoms with Gasteiger partial charge in [-0.1, -0.05) is 35.9 Å². The lowest BCUT2D eigenvalue weighted by atomic mass is 10.2. The van der Waals surface area contributed by atoms with Crippen molar-refractivity contribution >= 4 is 22.5 Å². The number of fused-ring (bicyclic) bond motifs is 1. The van der Waals surface area contributed by atoms with Gasteiger partial charge in [0.2, 0.25) is 0 Å². The zero-order chi connectivity index (χ0) is 14.8. The lowest BCUT2D eigenvalue weighted by molar-refractivity contribution is 0.626. The molecule has 4 heteroatoms. The van der Waals surface area contributed by atoms with Crippen LogP contribution in [0.2, 0.25) is 5.02 Å². The average Bonchev–Trinajstić information content (AvgIpc) is 2.81. The summed E-state index contributed by atoms with van der Waals surface area (Å²) >= 11 is 5.88. The van der Waals surface area contributed by atoms with Gasteiger partial charge in [-0.05, 0) is 42.3 Å². The van der Waals surface area contributed by atoms with Crippen LogP contribution in [0.5, 0.6) is 0 Å². The molecule has 3 aromatic rings. The topological polar surface area (TPSA) is 17.0 Å². The minimum absolute atomic E-state index is 0.166. The number of rotatable bonds is 4. The molecule has 0 aliphatic rings. The van der Waals surface area contributed by atoms with Crippen LogP contribution in [0.25, 0.3) is 10.9 Å². The average molecular weight is 303 g/mol. The standard InChI is InChI=1S/C17H16ClFN2/c1-20-10-14-9-13-4-2-3-5-17(13)21(14)11-12-6-7-16(19)15(18)8-12/h2-9,20H,10-11H2,1H3. The van der Waals surface area contributed by atoms with Gasteiger partial charge in [-0.25, -0.2) is 4.39 Å². The molecule has 0 aliphatic heterocycles. The van der Waals surface area contributed by atoms with E-state index in [1.807, 2.05) is 19.2 Å². The van der Waals surface area contributed by atoms with Gasteiger partial charge in [0.25, 0.3) is 0 Å². The monoisotopic (exact) mass is 302 g/mol. The van der Waals surface area contributed by atoms with E-state index in [1.54, 1.807) is 12.1 Å². The predicted octanol–water partition coefficient (Wildman–Crippen LogP) is 4.20. The van der Waals surface area contributed by atoms with Gasteiger partial charge in [0.15, 0.2) is 0 Å².